The van der Waals surface area contributed by atoms with Gasteiger partial charge in [0.05, 0.1) is 6.04 Å². The standard InChI is InChI=1S/C16H17N3O3/c1-11-9-13(18-22-11)14-6-2-3-8-19(14)16(21)15(20)12-5-4-7-17-10-12/h4-5,7,9-10,14H,2-3,6,8H2,1H3/t14-/m1/s1. The highest BCUT2D eigenvalue weighted by Gasteiger charge is 2.33. The van der Waals surface area contributed by atoms with E-state index in [1.807, 2.05) is 13.0 Å². The fourth-order valence-electron chi connectivity index (χ4n) is 2.78. The lowest BCUT2D eigenvalue weighted by molar-refractivity contribution is -0.130. The average molecular weight is 299 g/mol. The van der Waals surface area contributed by atoms with Crippen molar-refractivity contribution in [3.63, 3.8) is 0 Å². The molecule has 2 aromatic rings. The number of piperidine rings is 1. The molecule has 0 aromatic carbocycles. The Morgan fingerprint density at radius 3 is 2.91 bits per heavy atom. The maximum absolute atomic E-state index is 12.6. The van der Waals surface area contributed by atoms with Crippen molar-refractivity contribution < 1.29 is 14.1 Å². The van der Waals surface area contributed by atoms with Crippen LogP contribution in [0.3, 0.4) is 0 Å². The summed E-state index contributed by atoms with van der Waals surface area (Å²) in [6, 6.07) is 4.88. The largest absolute Gasteiger partial charge is 0.361 e. The summed E-state index contributed by atoms with van der Waals surface area (Å²) < 4.78 is 5.11. The Labute approximate surface area is 128 Å². The zero-order chi connectivity index (χ0) is 15.5. The summed E-state index contributed by atoms with van der Waals surface area (Å²) in [7, 11) is 0. The molecule has 3 heterocycles. The summed E-state index contributed by atoms with van der Waals surface area (Å²) in [4.78, 5) is 30.4. The number of carbonyl (C=O) groups excluding carboxylic acids is 2. The number of hydrogen-bond donors (Lipinski definition) is 0. The number of rotatable bonds is 3. The fraction of sp³-hybridized carbons (Fsp3) is 0.375. The van der Waals surface area contributed by atoms with Crippen molar-refractivity contribution >= 4 is 11.7 Å². The summed E-state index contributed by atoms with van der Waals surface area (Å²) in [6.45, 7) is 2.37. The molecular formula is C16H17N3O3. The van der Waals surface area contributed by atoms with Crippen LogP contribution >= 0.6 is 0 Å². The molecule has 1 aliphatic heterocycles. The second-order valence-corrected chi connectivity index (χ2v) is 5.44. The molecule has 6 heteroatoms. The number of likely N-dealkylation sites (tertiary alicyclic amines) is 1. The first-order valence-electron chi connectivity index (χ1n) is 7.35. The number of pyridine rings is 1. The van der Waals surface area contributed by atoms with Gasteiger partial charge in [0, 0.05) is 30.6 Å². The van der Waals surface area contributed by atoms with Crippen LogP contribution < -0.4 is 0 Å². The summed E-state index contributed by atoms with van der Waals surface area (Å²) in [5, 5.41) is 4.01. The minimum Gasteiger partial charge on any atom is -0.361 e. The third kappa shape index (κ3) is 2.77. The van der Waals surface area contributed by atoms with E-state index in [0.29, 0.717) is 23.6 Å². The second-order valence-electron chi connectivity index (χ2n) is 5.44. The zero-order valence-electron chi connectivity index (χ0n) is 12.4. The third-order valence-corrected chi connectivity index (χ3v) is 3.87. The predicted octanol–water partition coefficient (Wildman–Crippen LogP) is 2.31. The average Bonchev–Trinajstić information content (AvgIpc) is 3.00. The lowest BCUT2D eigenvalue weighted by atomic mass is 9.98. The van der Waals surface area contributed by atoms with Gasteiger partial charge in [-0.15, -0.1) is 0 Å². The molecule has 1 atom stereocenters. The number of ketones is 1. The van der Waals surface area contributed by atoms with Crippen LogP contribution in [0, 0.1) is 6.92 Å². The van der Waals surface area contributed by atoms with Gasteiger partial charge in [0.25, 0.3) is 11.7 Å². The minimum absolute atomic E-state index is 0.195. The van der Waals surface area contributed by atoms with Crippen molar-refractivity contribution in [1.82, 2.24) is 15.0 Å². The smallest absolute Gasteiger partial charge is 0.295 e. The molecule has 0 spiro atoms. The van der Waals surface area contributed by atoms with Gasteiger partial charge in [-0.3, -0.25) is 14.6 Å². The SMILES string of the molecule is Cc1cc([C@H]2CCCCN2C(=O)C(=O)c2cccnc2)no1. The Hall–Kier alpha value is -2.50. The molecule has 114 valence electrons. The van der Waals surface area contributed by atoms with Gasteiger partial charge < -0.3 is 9.42 Å². The summed E-state index contributed by atoms with van der Waals surface area (Å²) in [5.74, 6) is -0.329. The Bertz CT molecular complexity index is 681. The molecule has 6 nitrogen and oxygen atoms in total. The first kappa shape index (κ1) is 14.4. The van der Waals surface area contributed by atoms with Crippen molar-refractivity contribution in [3.05, 3.63) is 47.6 Å². The Kier molecular flexibility index (Phi) is 4.00. The van der Waals surface area contributed by atoms with Crippen LogP contribution in [0.1, 0.15) is 47.1 Å². The molecule has 0 saturated carbocycles. The molecule has 1 aliphatic rings. The lowest BCUT2D eigenvalue weighted by Crippen LogP contribution is -2.42. The van der Waals surface area contributed by atoms with Crippen LogP contribution in [-0.4, -0.2) is 33.3 Å². The van der Waals surface area contributed by atoms with Crippen molar-refractivity contribution in [2.24, 2.45) is 0 Å². The van der Waals surface area contributed by atoms with Crippen molar-refractivity contribution in [2.75, 3.05) is 6.54 Å². The molecule has 0 bridgehead atoms. The Balaban J connectivity index is 1.84. The van der Waals surface area contributed by atoms with Gasteiger partial charge in [-0.05, 0) is 38.3 Å². The van der Waals surface area contributed by atoms with Crippen LogP contribution in [0.4, 0.5) is 0 Å². The van der Waals surface area contributed by atoms with Crippen molar-refractivity contribution in [3.8, 4) is 0 Å². The van der Waals surface area contributed by atoms with E-state index in [1.165, 1.54) is 6.20 Å². The monoisotopic (exact) mass is 299 g/mol. The molecule has 22 heavy (non-hydrogen) atoms. The van der Waals surface area contributed by atoms with E-state index in [4.69, 9.17) is 4.52 Å². The fourth-order valence-corrected chi connectivity index (χ4v) is 2.78. The van der Waals surface area contributed by atoms with Gasteiger partial charge in [-0.25, -0.2) is 0 Å². The van der Waals surface area contributed by atoms with E-state index in [0.717, 1.165) is 19.3 Å². The molecule has 2 aromatic heterocycles. The maximum Gasteiger partial charge on any atom is 0.295 e. The number of Topliss-reactive ketones (excluding diaryl/α,β-unsaturated/α-hetero) is 1. The molecule has 0 unspecified atom stereocenters. The molecule has 1 fully saturated rings. The topological polar surface area (TPSA) is 76.3 Å². The molecule has 1 saturated heterocycles. The van der Waals surface area contributed by atoms with E-state index >= 15 is 0 Å². The van der Waals surface area contributed by atoms with Crippen LogP contribution in [0.25, 0.3) is 0 Å². The number of aryl methyl sites for hydroxylation is 1. The van der Waals surface area contributed by atoms with Crippen LogP contribution in [0.15, 0.2) is 35.1 Å². The first-order chi connectivity index (χ1) is 10.7. The Morgan fingerprint density at radius 1 is 1.36 bits per heavy atom. The second kappa shape index (κ2) is 6.09. The molecule has 0 aliphatic carbocycles. The van der Waals surface area contributed by atoms with Gasteiger partial charge in [0.2, 0.25) is 0 Å². The van der Waals surface area contributed by atoms with E-state index in [2.05, 4.69) is 10.1 Å². The lowest BCUT2D eigenvalue weighted by Gasteiger charge is -2.33. The van der Waals surface area contributed by atoms with Crippen LogP contribution in [0.2, 0.25) is 0 Å². The Morgan fingerprint density at radius 2 is 2.23 bits per heavy atom. The van der Waals surface area contributed by atoms with Crippen LogP contribution in [-0.2, 0) is 4.79 Å². The number of amides is 1. The zero-order valence-corrected chi connectivity index (χ0v) is 12.4. The van der Waals surface area contributed by atoms with Crippen molar-refractivity contribution in [1.29, 1.82) is 0 Å². The number of nitrogens with zero attached hydrogens (tertiary/aromatic N) is 3. The van der Waals surface area contributed by atoms with E-state index in [-0.39, 0.29) is 6.04 Å². The molecule has 3 rings (SSSR count). The predicted molar refractivity (Wildman–Crippen MR) is 78.1 cm³/mol. The molecule has 0 N–H and O–H groups in total. The quantitative estimate of drug-likeness (QED) is 0.642. The maximum atomic E-state index is 12.6. The van der Waals surface area contributed by atoms with Gasteiger partial charge >= 0.3 is 0 Å². The van der Waals surface area contributed by atoms with Crippen LogP contribution in [0.5, 0.6) is 0 Å². The highest BCUT2D eigenvalue weighted by atomic mass is 16.5. The number of carbonyl (C=O) groups is 2. The van der Waals surface area contributed by atoms with Gasteiger partial charge in [-0.2, -0.15) is 0 Å². The van der Waals surface area contributed by atoms with E-state index < -0.39 is 11.7 Å². The van der Waals surface area contributed by atoms with Crippen molar-refractivity contribution in [2.45, 2.75) is 32.2 Å². The summed E-state index contributed by atoms with van der Waals surface area (Å²) in [5.41, 5.74) is 1.03. The molecular weight excluding hydrogens is 282 g/mol. The normalized spacial score (nSPS) is 18.2. The van der Waals surface area contributed by atoms with E-state index in [9.17, 15) is 9.59 Å². The number of aromatic nitrogens is 2. The van der Waals surface area contributed by atoms with Gasteiger partial charge in [0.1, 0.15) is 11.5 Å². The molecule has 1 amide bonds. The summed E-state index contributed by atoms with van der Waals surface area (Å²) in [6.07, 6.45) is 5.67. The number of hydrogen-bond acceptors (Lipinski definition) is 5. The summed E-state index contributed by atoms with van der Waals surface area (Å²) >= 11 is 0. The van der Waals surface area contributed by atoms with Gasteiger partial charge in [-0.1, -0.05) is 5.16 Å². The molecule has 0 radical (unpaired) electrons. The first-order valence-corrected chi connectivity index (χ1v) is 7.35. The highest BCUT2D eigenvalue weighted by molar-refractivity contribution is 6.42. The highest BCUT2D eigenvalue weighted by Crippen LogP contribution is 2.31. The third-order valence-electron chi connectivity index (χ3n) is 3.87. The van der Waals surface area contributed by atoms with E-state index in [1.54, 1.807) is 23.2 Å². The minimum atomic E-state index is -0.528. The van der Waals surface area contributed by atoms with Gasteiger partial charge in [0.15, 0.2) is 0 Å².